The van der Waals surface area contributed by atoms with Crippen LogP contribution in [0.5, 0.6) is 5.75 Å². The average molecular weight is 471 g/mol. The Balaban J connectivity index is 1.57. The topological polar surface area (TPSA) is 98.0 Å². The Labute approximate surface area is 202 Å². The lowest BCUT2D eigenvalue weighted by molar-refractivity contribution is -0.122. The largest absolute Gasteiger partial charge is 0.474 e. The molecule has 2 N–H and O–H groups in total. The predicted molar refractivity (Wildman–Crippen MR) is 129 cm³/mol. The van der Waals surface area contributed by atoms with Crippen LogP contribution in [-0.4, -0.2) is 36.2 Å². The van der Waals surface area contributed by atoms with Crippen molar-refractivity contribution in [3.05, 3.63) is 76.5 Å². The van der Waals surface area contributed by atoms with E-state index in [9.17, 15) is 4.79 Å². The zero-order chi connectivity index (χ0) is 23.7. The van der Waals surface area contributed by atoms with Gasteiger partial charge in [-0.25, -0.2) is 9.98 Å². The fourth-order valence-electron chi connectivity index (χ4n) is 5.76. The van der Waals surface area contributed by atoms with E-state index in [2.05, 4.69) is 47.7 Å². The highest BCUT2D eigenvalue weighted by atomic mass is 16.5. The number of aryl methyl sites for hydroxylation is 1. The summed E-state index contributed by atoms with van der Waals surface area (Å²) in [5, 5.41) is 6.73. The van der Waals surface area contributed by atoms with Gasteiger partial charge in [0.25, 0.3) is 0 Å². The summed E-state index contributed by atoms with van der Waals surface area (Å²) in [6, 6.07) is 14.0. The molecule has 1 aromatic heterocycles. The van der Waals surface area contributed by atoms with Crippen LogP contribution in [0, 0.1) is 5.92 Å². The molecule has 0 saturated carbocycles. The third-order valence-electron chi connectivity index (χ3n) is 7.43. The van der Waals surface area contributed by atoms with Crippen molar-refractivity contribution < 1.29 is 18.7 Å². The van der Waals surface area contributed by atoms with Gasteiger partial charge in [-0.15, -0.1) is 0 Å². The third-order valence-corrected chi connectivity index (χ3v) is 7.43. The van der Waals surface area contributed by atoms with Crippen molar-refractivity contribution in [1.29, 1.82) is 0 Å². The van der Waals surface area contributed by atoms with Gasteiger partial charge < -0.3 is 24.5 Å². The van der Waals surface area contributed by atoms with Gasteiger partial charge in [0.15, 0.2) is 17.7 Å². The number of carbonyl (C=O) groups is 1. The summed E-state index contributed by atoms with van der Waals surface area (Å²) >= 11 is 0. The van der Waals surface area contributed by atoms with E-state index in [-0.39, 0.29) is 17.9 Å². The average Bonchev–Trinajstić information content (AvgIpc) is 3.62. The van der Waals surface area contributed by atoms with Crippen LogP contribution < -0.4 is 15.4 Å². The predicted octanol–water partition coefficient (Wildman–Crippen LogP) is 3.69. The molecule has 0 fully saturated rings. The van der Waals surface area contributed by atoms with Crippen molar-refractivity contribution in [2.45, 2.75) is 44.4 Å². The van der Waals surface area contributed by atoms with E-state index >= 15 is 0 Å². The molecule has 8 heteroatoms. The number of benzene rings is 2. The summed E-state index contributed by atoms with van der Waals surface area (Å²) < 4.78 is 19.1. The molecule has 1 amide bonds. The number of hydrogen-bond acceptors (Lipinski definition) is 7. The summed E-state index contributed by atoms with van der Waals surface area (Å²) in [4.78, 5) is 22.4. The van der Waals surface area contributed by atoms with E-state index in [4.69, 9.17) is 18.9 Å². The fraction of sp³-hybridized carbons (Fsp3) is 0.370. The summed E-state index contributed by atoms with van der Waals surface area (Å²) in [5.41, 5.74) is 3.92. The molecule has 8 nitrogen and oxygen atoms in total. The number of aromatic nitrogens is 1. The highest BCUT2D eigenvalue weighted by Crippen LogP contribution is 2.58. The number of amides is 1. The quantitative estimate of drug-likeness (QED) is 0.593. The lowest BCUT2D eigenvalue weighted by atomic mass is 9.72. The van der Waals surface area contributed by atoms with E-state index in [1.54, 1.807) is 0 Å². The molecule has 1 spiro atoms. The Hall–Kier alpha value is -3.81. The number of nitrogens with zero attached hydrogens (tertiary/aromatic N) is 2. The van der Waals surface area contributed by atoms with Gasteiger partial charge in [0.2, 0.25) is 17.7 Å². The molecule has 3 unspecified atom stereocenters. The number of fused-ring (bicyclic) bond motifs is 4. The van der Waals surface area contributed by atoms with Gasteiger partial charge in [-0.1, -0.05) is 44.2 Å². The Morgan fingerprint density at radius 3 is 2.80 bits per heavy atom. The minimum atomic E-state index is -0.776. The van der Waals surface area contributed by atoms with Gasteiger partial charge in [-0.2, -0.15) is 0 Å². The normalized spacial score (nSPS) is 25.9. The monoisotopic (exact) mass is 470 g/mol. The number of hydrogen-bond donors (Lipinski definition) is 2. The second-order valence-electron chi connectivity index (χ2n) is 9.88. The number of para-hydroxylation sites is 1. The second kappa shape index (κ2) is 7.34. The molecule has 0 saturated heterocycles. The van der Waals surface area contributed by atoms with E-state index in [0.717, 1.165) is 28.1 Å². The standard InChI is InChI=1S/C27H26N4O4/c1-14(2)21-25-31-22(24-28-11-12-33-24)23(35-25)27-16-5-3-4-6-18(16)29-26(27)34-19-9-7-15(13-17(19)27)8-10-20(32)30-21/h3-7,9,13-14,21,26,29H,8,10-12H2,1-2H3,(H,30,32). The van der Waals surface area contributed by atoms with Crippen molar-refractivity contribution in [3.8, 4) is 5.75 Å². The van der Waals surface area contributed by atoms with Gasteiger partial charge in [-0.3, -0.25) is 4.79 Å². The number of nitrogens with one attached hydrogen (secondary N) is 2. The number of rotatable bonds is 2. The van der Waals surface area contributed by atoms with Crippen molar-refractivity contribution in [2.24, 2.45) is 10.9 Å². The lowest BCUT2D eigenvalue weighted by Gasteiger charge is -2.28. The first-order chi connectivity index (χ1) is 17.1. The zero-order valence-electron chi connectivity index (χ0n) is 19.6. The van der Waals surface area contributed by atoms with E-state index in [1.807, 2.05) is 24.3 Å². The molecule has 0 aliphatic carbocycles. The van der Waals surface area contributed by atoms with Crippen molar-refractivity contribution >= 4 is 17.5 Å². The molecule has 4 bridgehead atoms. The number of ether oxygens (including phenoxy) is 2. The van der Waals surface area contributed by atoms with Gasteiger partial charge >= 0.3 is 0 Å². The molecule has 5 heterocycles. The van der Waals surface area contributed by atoms with Gasteiger partial charge in [0.05, 0.1) is 6.54 Å². The number of aliphatic imine (C=N–C) groups is 1. The second-order valence-corrected chi connectivity index (χ2v) is 9.88. The number of anilines is 1. The molecule has 4 aliphatic heterocycles. The maximum atomic E-state index is 12.9. The fourth-order valence-corrected chi connectivity index (χ4v) is 5.76. The first-order valence-corrected chi connectivity index (χ1v) is 12.2. The first-order valence-electron chi connectivity index (χ1n) is 12.2. The molecule has 4 aliphatic rings. The highest BCUT2D eigenvalue weighted by Gasteiger charge is 2.61. The van der Waals surface area contributed by atoms with Crippen LogP contribution in [0.2, 0.25) is 0 Å². The molecule has 7 rings (SSSR count). The summed E-state index contributed by atoms with van der Waals surface area (Å²) in [7, 11) is 0. The molecular weight excluding hydrogens is 444 g/mol. The van der Waals surface area contributed by atoms with E-state index in [1.165, 1.54) is 0 Å². The third kappa shape index (κ3) is 2.82. The minimum Gasteiger partial charge on any atom is -0.474 e. The van der Waals surface area contributed by atoms with Crippen LogP contribution in [0.1, 0.15) is 60.3 Å². The van der Waals surface area contributed by atoms with Crippen molar-refractivity contribution in [2.75, 3.05) is 18.5 Å². The molecule has 35 heavy (non-hydrogen) atoms. The molecule has 178 valence electrons. The minimum absolute atomic E-state index is 0.0303. The van der Waals surface area contributed by atoms with Crippen LogP contribution >= 0.6 is 0 Å². The van der Waals surface area contributed by atoms with Gasteiger partial charge in [0.1, 0.15) is 23.8 Å². The van der Waals surface area contributed by atoms with Crippen LogP contribution in [0.15, 0.2) is 51.9 Å². The van der Waals surface area contributed by atoms with Gasteiger partial charge in [-0.05, 0) is 35.6 Å². The summed E-state index contributed by atoms with van der Waals surface area (Å²) in [6.07, 6.45) is 0.598. The first kappa shape index (κ1) is 20.6. The number of carbonyl (C=O) groups excluding carboxylic acids is 1. The molecule has 0 radical (unpaired) electrons. The van der Waals surface area contributed by atoms with Crippen molar-refractivity contribution in [1.82, 2.24) is 10.3 Å². The SMILES string of the molecule is CC(C)C1NC(=O)CCc2ccc3c(c2)C2(c4ccccc4NC2O3)c2oc1nc2C1=NCCO1. The zero-order valence-corrected chi connectivity index (χ0v) is 19.6. The lowest BCUT2D eigenvalue weighted by Crippen LogP contribution is -2.40. The molecular formula is C27H26N4O4. The molecule has 3 atom stereocenters. The smallest absolute Gasteiger partial charge is 0.239 e. The number of oxazole rings is 1. The Morgan fingerprint density at radius 2 is 1.97 bits per heavy atom. The Bertz CT molecular complexity index is 1390. The van der Waals surface area contributed by atoms with Crippen molar-refractivity contribution in [3.63, 3.8) is 0 Å². The van der Waals surface area contributed by atoms with E-state index < -0.39 is 11.6 Å². The maximum absolute atomic E-state index is 12.9. The van der Waals surface area contributed by atoms with Crippen LogP contribution in [0.3, 0.4) is 0 Å². The Kier molecular flexibility index (Phi) is 4.31. The van der Waals surface area contributed by atoms with Crippen LogP contribution in [-0.2, 0) is 21.4 Å². The summed E-state index contributed by atoms with van der Waals surface area (Å²) in [5.74, 6) is 2.40. The van der Waals surface area contributed by atoms with E-state index in [0.29, 0.717) is 49.2 Å². The molecule has 3 aromatic rings. The van der Waals surface area contributed by atoms with Crippen LogP contribution in [0.4, 0.5) is 5.69 Å². The molecule has 2 aromatic carbocycles. The van der Waals surface area contributed by atoms with Gasteiger partial charge in [0, 0.05) is 17.7 Å². The Morgan fingerprint density at radius 1 is 1.09 bits per heavy atom. The summed E-state index contributed by atoms with van der Waals surface area (Å²) in [6.45, 7) is 5.18. The maximum Gasteiger partial charge on any atom is 0.239 e. The van der Waals surface area contributed by atoms with Crippen LogP contribution in [0.25, 0.3) is 0 Å². The highest BCUT2D eigenvalue weighted by molar-refractivity contribution is 5.95.